The van der Waals surface area contributed by atoms with E-state index in [0.29, 0.717) is 11.5 Å². The van der Waals surface area contributed by atoms with Crippen molar-refractivity contribution >= 4 is 0 Å². The average Bonchev–Trinajstić information content (AvgIpc) is 2.10. The van der Waals surface area contributed by atoms with Crippen LogP contribution >= 0.6 is 0 Å². The highest BCUT2D eigenvalue weighted by Gasteiger charge is 2.25. The Labute approximate surface area is 75.8 Å². The van der Waals surface area contributed by atoms with Crippen LogP contribution in [0.4, 0.5) is 0 Å². The summed E-state index contributed by atoms with van der Waals surface area (Å²) in [7, 11) is 1.81. The van der Waals surface area contributed by atoms with Crippen LogP contribution in [0.5, 0.6) is 0 Å². The Bertz CT molecular complexity index is 179. The highest BCUT2D eigenvalue weighted by molar-refractivity contribution is 5.08. The molecule has 0 saturated carbocycles. The molecular formula is C11H20O. The van der Waals surface area contributed by atoms with Crippen LogP contribution in [0.3, 0.4) is 0 Å². The monoisotopic (exact) mass is 168 g/mol. The van der Waals surface area contributed by atoms with Crippen LogP contribution in [-0.2, 0) is 4.74 Å². The molecule has 1 aliphatic rings. The van der Waals surface area contributed by atoms with Gasteiger partial charge in [-0.15, -0.1) is 0 Å². The van der Waals surface area contributed by atoms with Gasteiger partial charge >= 0.3 is 0 Å². The molecule has 1 heteroatoms. The molecule has 0 heterocycles. The van der Waals surface area contributed by atoms with Gasteiger partial charge in [0.05, 0.1) is 6.10 Å². The normalized spacial score (nSPS) is 29.3. The average molecular weight is 168 g/mol. The van der Waals surface area contributed by atoms with E-state index in [2.05, 4.69) is 26.8 Å². The maximum absolute atomic E-state index is 5.45. The molecule has 0 amide bonds. The van der Waals surface area contributed by atoms with Gasteiger partial charge in [-0.05, 0) is 37.2 Å². The Balaban J connectivity index is 2.69. The number of methoxy groups -OCH3 is 1. The summed E-state index contributed by atoms with van der Waals surface area (Å²) in [6, 6.07) is 0. The maximum Gasteiger partial charge on any atom is 0.0783 e. The van der Waals surface area contributed by atoms with Crippen molar-refractivity contribution in [2.75, 3.05) is 7.11 Å². The van der Waals surface area contributed by atoms with Crippen LogP contribution < -0.4 is 0 Å². The molecule has 0 aliphatic heterocycles. The van der Waals surface area contributed by atoms with Crippen LogP contribution in [0.15, 0.2) is 11.6 Å². The first-order chi connectivity index (χ1) is 5.55. The van der Waals surface area contributed by atoms with E-state index in [1.165, 1.54) is 18.4 Å². The van der Waals surface area contributed by atoms with Gasteiger partial charge in [-0.3, -0.25) is 0 Å². The quantitative estimate of drug-likeness (QED) is 0.546. The molecule has 12 heavy (non-hydrogen) atoms. The Hall–Kier alpha value is -0.300. The molecule has 70 valence electrons. The summed E-state index contributed by atoms with van der Waals surface area (Å²) in [4.78, 5) is 0. The lowest BCUT2D eigenvalue weighted by atomic mass is 9.83. The van der Waals surface area contributed by atoms with Crippen molar-refractivity contribution in [1.82, 2.24) is 0 Å². The van der Waals surface area contributed by atoms with E-state index >= 15 is 0 Å². The van der Waals surface area contributed by atoms with E-state index in [-0.39, 0.29) is 0 Å². The predicted octanol–water partition coefficient (Wildman–Crippen LogP) is 3.16. The van der Waals surface area contributed by atoms with Gasteiger partial charge in [-0.25, -0.2) is 0 Å². The highest BCUT2D eigenvalue weighted by atomic mass is 16.5. The standard InChI is InChI=1S/C11H20O/c1-9-6-5-7-11(2,3)8-10(9)12-4/h6,10H,5,7-8H2,1-4H3. The summed E-state index contributed by atoms with van der Waals surface area (Å²) in [5.74, 6) is 0. The zero-order valence-electron chi connectivity index (χ0n) is 8.68. The van der Waals surface area contributed by atoms with Crippen LogP contribution in [0, 0.1) is 5.41 Å². The third kappa shape index (κ3) is 2.34. The SMILES string of the molecule is COC1CC(C)(C)CCC=C1C. The fourth-order valence-electron chi connectivity index (χ4n) is 1.86. The van der Waals surface area contributed by atoms with Crippen LogP contribution in [0.2, 0.25) is 0 Å². The van der Waals surface area contributed by atoms with E-state index in [1.54, 1.807) is 0 Å². The molecular weight excluding hydrogens is 148 g/mol. The first-order valence-electron chi connectivity index (χ1n) is 4.74. The summed E-state index contributed by atoms with van der Waals surface area (Å²) in [5.41, 5.74) is 1.85. The minimum Gasteiger partial charge on any atom is -0.377 e. The van der Waals surface area contributed by atoms with E-state index in [1.807, 2.05) is 7.11 Å². The molecule has 0 spiro atoms. The molecule has 0 bridgehead atoms. The fraction of sp³-hybridized carbons (Fsp3) is 0.818. The Morgan fingerprint density at radius 1 is 1.50 bits per heavy atom. The van der Waals surface area contributed by atoms with Gasteiger partial charge < -0.3 is 4.74 Å². The molecule has 0 N–H and O–H groups in total. The molecule has 0 aromatic carbocycles. The summed E-state index contributed by atoms with van der Waals surface area (Å²) >= 11 is 0. The van der Waals surface area contributed by atoms with Crippen molar-refractivity contribution < 1.29 is 4.74 Å². The highest BCUT2D eigenvalue weighted by Crippen LogP contribution is 2.34. The van der Waals surface area contributed by atoms with Crippen LogP contribution in [0.25, 0.3) is 0 Å². The second-order valence-corrected chi connectivity index (χ2v) is 4.58. The first-order valence-corrected chi connectivity index (χ1v) is 4.74. The van der Waals surface area contributed by atoms with E-state index < -0.39 is 0 Å². The number of ether oxygens (including phenoxy) is 1. The number of hydrogen-bond acceptors (Lipinski definition) is 1. The van der Waals surface area contributed by atoms with Crippen molar-refractivity contribution in [3.63, 3.8) is 0 Å². The molecule has 0 aromatic heterocycles. The fourth-order valence-corrected chi connectivity index (χ4v) is 1.86. The topological polar surface area (TPSA) is 9.23 Å². The van der Waals surface area contributed by atoms with E-state index in [9.17, 15) is 0 Å². The van der Waals surface area contributed by atoms with Crippen molar-refractivity contribution in [2.45, 2.75) is 46.1 Å². The van der Waals surface area contributed by atoms with Gasteiger partial charge in [-0.2, -0.15) is 0 Å². The maximum atomic E-state index is 5.45. The number of rotatable bonds is 1. The minimum absolute atomic E-state index is 0.350. The molecule has 0 aromatic rings. The summed E-state index contributed by atoms with van der Waals surface area (Å²) < 4.78 is 5.45. The molecule has 1 rings (SSSR count). The van der Waals surface area contributed by atoms with Gasteiger partial charge in [-0.1, -0.05) is 19.9 Å². The summed E-state index contributed by atoms with van der Waals surface area (Å²) in [6.07, 6.45) is 6.32. The second kappa shape index (κ2) is 3.61. The molecule has 1 nitrogen and oxygen atoms in total. The van der Waals surface area contributed by atoms with Gasteiger partial charge in [0.2, 0.25) is 0 Å². The van der Waals surface area contributed by atoms with E-state index in [4.69, 9.17) is 4.74 Å². The van der Waals surface area contributed by atoms with Crippen molar-refractivity contribution in [1.29, 1.82) is 0 Å². The second-order valence-electron chi connectivity index (χ2n) is 4.58. The van der Waals surface area contributed by atoms with E-state index in [0.717, 1.165) is 6.42 Å². The van der Waals surface area contributed by atoms with Gasteiger partial charge in [0.25, 0.3) is 0 Å². The first kappa shape index (κ1) is 9.79. The van der Waals surface area contributed by atoms with Gasteiger partial charge in [0.15, 0.2) is 0 Å². The summed E-state index contributed by atoms with van der Waals surface area (Å²) in [5, 5.41) is 0. The van der Waals surface area contributed by atoms with Crippen molar-refractivity contribution in [3.8, 4) is 0 Å². The molecule has 0 saturated heterocycles. The third-order valence-electron chi connectivity index (χ3n) is 2.82. The number of hydrogen-bond donors (Lipinski definition) is 0. The van der Waals surface area contributed by atoms with Gasteiger partial charge in [0.1, 0.15) is 0 Å². The molecule has 1 unspecified atom stereocenters. The smallest absolute Gasteiger partial charge is 0.0783 e. The zero-order chi connectivity index (χ0) is 9.19. The minimum atomic E-state index is 0.350. The molecule has 1 atom stereocenters. The third-order valence-corrected chi connectivity index (χ3v) is 2.82. The lowest BCUT2D eigenvalue weighted by molar-refractivity contribution is 0.0891. The Kier molecular flexibility index (Phi) is 2.94. The molecule has 1 aliphatic carbocycles. The Morgan fingerprint density at radius 2 is 2.17 bits per heavy atom. The van der Waals surface area contributed by atoms with Gasteiger partial charge in [0, 0.05) is 7.11 Å². The zero-order valence-corrected chi connectivity index (χ0v) is 8.68. The van der Waals surface area contributed by atoms with Crippen molar-refractivity contribution in [2.24, 2.45) is 5.41 Å². The van der Waals surface area contributed by atoms with Crippen molar-refractivity contribution in [3.05, 3.63) is 11.6 Å². The predicted molar refractivity (Wildman–Crippen MR) is 52.2 cm³/mol. The Morgan fingerprint density at radius 3 is 2.75 bits per heavy atom. The molecule has 0 fully saturated rings. The lowest BCUT2D eigenvalue weighted by Gasteiger charge is -2.26. The lowest BCUT2D eigenvalue weighted by Crippen LogP contribution is -2.21. The summed E-state index contributed by atoms with van der Waals surface area (Å²) in [6.45, 7) is 6.83. The van der Waals surface area contributed by atoms with Crippen LogP contribution in [0.1, 0.15) is 40.0 Å². The number of allylic oxidation sites excluding steroid dienone is 1. The van der Waals surface area contributed by atoms with Crippen LogP contribution in [-0.4, -0.2) is 13.2 Å². The largest absolute Gasteiger partial charge is 0.377 e. The molecule has 0 radical (unpaired) electrons.